The molecular formula is C16H12Cl2N2O3. The molecular weight excluding hydrogens is 339 g/mol. The molecule has 0 atom stereocenters. The lowest BCUT2D eigenvalue weighted by Crippen LogP contribution is -2.12. The van der Waals surface area contributed by atoms with E-state index in [-0.39, 0.29) is 18.9 Å². The smallest absolute Gasteiger partial charge is 0.358 e. The predicted molar refractivity (Wildman–Crippen MR) is 87.4 cm³/mol. The number of carbonyl (C=O) groups excluding carboxylic acids is 1. The number of ether oxygens (including phenoxy) is 2. The summed E-state index contributed by atoms with van der Waals surface area (Å²) >= 11 is 11.8. The first kappa shape index (κ1) is 15.6. The Morgan fingerprint density at radius 3 is 2.83 bits per heavy atom. The Labute approximate surface area is 142 Å². The molecule has 0 amide bonds. The summed E-state index contributed by atoms with van der Waals surface area (Å²) in [7, 11) is 0. The first-order valence-corrected chi connectivity index (χ1v) is 7.58. The maximum absolute atomic E-state index is 11.9. The van der Waals surface area contributed by atoms with Crippen LogP contribution >= 0.6 is 23.2 Å². The Bertz CT molecular complexity index is 815. The quantitative estimate of drug-likeness (QED) is 0.517. The molecule has 0 aliphatic carbocycles. The van der Waals surface area contributed by atoms with Crippen molar-refractivity contribution in [3.8, 4) is 5.75 Å². The molecule has 7 heteroatoms. The fourth-order valence-electron chi connectivity index (χ4n) is 1.99. The standard InChI is InChI=1S/C16H12Cl2N2O3/c17-11-4-5-14(12(18)9-11)22-7-8-23-16(21)13-10-20-6-2-1-3-15(20)19-13/h1-6,9-10H,7-8H2. The second-order valence-electron chi connectivity index (χ2n) is 4.65. The maximum atomic E-state index is 11.9. The van der Waals surface area contributed by atoms with Gasteiger partial charge in [-0.05, 0) is 30.3 Å². The average Bonchev–Trinajstić information content (AvgIpc) is 2.97. The van der Waals surface area contributed by atoms with Crippen molar-refractivity contribution in [2.24, 2.45) is 0 Å². The second-order valence-corrected chi connectivity index (χ2v) is 5.50. The van der Waals surface area contributed by atoms with Crippen LogP contribution in [0.1, 0.15) is 10.5 Å². The molecule has 3 aromatic rings. The highest BCUT2D eigenvalue weighted by molar-refractivity contribution is 6.35. The predicted octanol–water partition coefficient (Wildman–Crippen LogP) is 3.88. The van der Waals surface area contributed by atoms with E-state index in [0.717, 1.165) is 0 Å². The number of imidazole rings is 1. The molecule has 5 nitrogen and oxygen atoms in total. The van der Waals surface area contributed by atoms with E-state index in [0.29, 0.717) is 21.4 Å². The zero-order valence-corrected chi connectivity index (χ0v) is 13.4. The summed E-state index contributed by atoms with van der Waals surface area (Å²) in [5.74, 6) is -0.0145. The Morgan fingerprint density at radius 2 is 2.04 bits per heavy atom. The van der Waals surface area contributed by atoms with Gasteiger partial charge in [-0.3, -0.25) is 0 Å². The summed E-state index contributed by atoms with van der Waals surface area (Å²) in [6.45, 7) is 0.270. The molecule has 2 heterocycles. The van der Waals surface area contributed by atoms with Gasteiger partial charge in [-0.25, -0.2) is 9.78 Å². The van der Waals surface area contributed by atoms with Crippen LogP contribution in [0.25, 0.3) is 5.65 Å². The Kier molecular flexibility index (Phi) is 4.69. The molecule has 23 heavy (non-hydrogen) atoms. The number of benzene rings is 1. The number of halogens is 2. The third kappa shape index (κ3) is 3.75. The Balaban J connectivity index is 1.53. The molecule has 0 spiro atoms. The van der Waals surface area contributed by atoms with E-state index < -0.39 is 5.97 Å². The van der Waals surface area contributed by atoms with Crippen LogP contribution in [0.5, 0.6) is 5.75 Å². The number of rotatable bonds is 5. The molecule has 0 saturated heterocycles. The van der Waals surface area contributed by atoms with Crippen molar-refractivity contribution < 1.29 is 14.3 Å². The Morgan fingerprint density at radius 1 is 1.17 bits per heavy atom. The van der Waals surface area contributed by atoms with Crippen molar-refractivity contribution in [3.05, 3.63) is 64.5 Å². The summed E-state index contributed by atoms with van der Waals surface area (Å²) in [6, 6.07) is 10.4. The van der Waals surface area contributed by atoms with E-state index in [4.69, 9.17) is 32.7 Å². The van der Waals surface area contributed by atoms with Gasteiger partial charge in [0.05, 0.1) is 5.02 Å². The third-order valence-electron chi connectivity index (χ3n) is 3.04. The largest absolute Gasteiger partial charge is 0.488 e. The molecule has 1 aromatic carbocycles. The van der Waals surface area contributed by atoms with Crippen LogP contribution in [-0.4, -0.2) is 28.6 Å². The molecule has 3 rings (SSSR count). The van der Waals surface area contributed by atoms with E-state index in [9.17, 15) is 4.79 Å². The van der Waals surface area contributed by atoms with Crippen molar-refractivity contribution in [3.63, 3.8) is 0 Å². The normalized spacial score (nSPS) is 10.7. The minimum Gasteiger partial charge on any atom is -0.488 e. The van der Waals surface area contributed by atoms with Crippen molar-refractivity contribution in [1.29, 1.82) is 0 Å². The average molecular weight is 351 g/mol. The van der Waals surface area contributed by atoms with Gasteiger partial charge < -0.3 is 13.9 Å². The summed E-state index contributed by atoms with van der Waals surface area (Å²) in [6.07, 6.45) is 3.43. The van der Waals surface area contributed by atoms with Gasteiger partial charge in [0.25, 0.3) is 0 Å². The van der Waals surface area contributed by atoms with Gasteiger partial charge in [0, 0.05) is 17.4 Å². The minimum absolute atomic E-state index is 0.0889. The van der Waals surface area contributed by atoms with Crippen LogP contribution in [0.4, 0.5) is 0 Å². The fraction of sp³-hybridized carbons (Fsp3) is 0.125. The molecule has 0 unspecified atom stereocenters. The molecule has 0 aliphatic heterocycles. The fourth-order valence-corrected chi connectivity index (χ4v) is 2.45. The summed E-state index contributed by atoms with van der Waals surface area (Å²) in [5, 5.41) is 0.935. The number of esters is 1. The van der Waals surface area contributed by atoms with Gasteiger partial charge in [-0.15, -0.1) is 0 Å². The number of fused-ring (bicyclic) bond motifs is 1. The lowest BCUT2D eigenvalue weighted by Gasteiger charge is -2.08. The monoisotopic (exact) mass is 350 g/mol. The molecule has 2 aromatic heterocycles. The van der Waals surface area contributed by atoms with Crippen molar-refractivity contribution >= 4 is 34.8 Å². The minimum atomic E-state index is -0.500. The van der Waals surface area contributed by atoms with Gasteiger partial charge >= 0.3 is 5.97 Å². The molecule has 0 N–H and O–H groups in total. The first-order valence-electron chi connectivity index (χ1n) is 6.82. The van der Waals surface area contributed by atoms with Crippen LogP contribution < -0.4 is 4.74 Å². The van der Waals surface area contributed by atoms with E-state index in [1.54, 1.807) is 28.8 Å². The molecule has 0 aliphatic rings. The van der Waals surface area contributed by atoms with Crippen molar-refractivity contribution in [2.75, 3.05) is 13.2 Å². The number of hydrogen-bond donors (Lipinski definition) is 0. The molecule has 0 saturated carbocycles. The molecule has 0 fully saturated rings. The maximum Gasteiger partial charge on any atom is 0.358 e. The number of hydrogen-bond acceptors (Lipinski definition) is 4. The highest BCUT2D eigenvalue weighted by Gasteiger charge is 2.12. The zero-order valence-electron chi connectivity index (χ0n) is 11.9. The number of pyridine rings is 1. The lowest BCUT2D eigenvalue weighted by atomic mass is 10.3. The van der Waals surface area contributed by atoms with Gasteiger partial charge in [-0.2, -0.15) is 0 Å². The number of nitrogens with zero attached hydrogens (tertiary/aromatic N) is 2. The Hall–Kier alpha value is -2.24. The van der Waals surface area contributed by atoms with E-state index >= 15 is 0 Å². The molecule has 0 bridgehead atoms. The van der Waals surface area contributed by atoms with Gasteiger partial charge in [0.15, 0.2) is 5.69 Å². The number of aromatic nitrogens is 2. The van der Waals surface area contributed by atoms with E-state index in [1.165, 1.54) is 0 Å². The van der Waals surface area contributed by atoms with Gasteiger partial charge in [0.2, 0.25) is 0 Å². The molecule has 118 valence electrons. The SMILES string of the molecule is O=C(OCCOc1ccc(Cl)cc1Cl)c1cn2ccccc2n1. The van der Waals surface area contributed by atoms with Gasteiger partial charge in [-0.1, -0.05) is 29.3 Å². The van der Waals surface area contributed by atoms with Crippen molar-refractivity contribution in [1.82, 2.24) is 9.38 Å². The zero-order chi connectivity index (χ0) is 16.2. The van der Waals surface area contributed by atoms with Crippen molar-refractivity contribution in [2.45, 2.75) is 0 Å². The molecule has 0 radical (unpaired) electrons. The lowest BCUT2D eigenvalue weighted by molar-refractivity contribution is 0.0444. The van der Waals surface area contributed by atoms with E-state index in [1.807, 2.05) is 24.4 Å². The number of carbonyl (C=O) groups is 1. The van der Waals surface area contributed by atoms with Crippen LogP contribution in [0.15, 0.2) is 48.8 Å². The summed E-state index contributed by atoms with van der Waals surface area (Å²) in [5.41, 5.74) is 0.935. The summed E-state index contributed by atoms with van der Waals surface area (Å²) < 4.78 is 12.3. The van der Waals surface area contributed by atoms with Gasteiger partial charge in [0.1, 0.15) is 24.6 Å². The highest BCUT2D eigenvalue weighted by atomic mass is 35.5. The van der Waals surface area contributed by atoms with Crippen LogP contribution in [0.3, 0.4) is 0 Å². The topological polar surface area (TPSA) is 52.8 Å². The third-order valence-corrected chi connectivity index (χ3v) is 3.57. The first-order chi connectivity index (χ1) is 11.1. The highest BCUT2D eigenvalue weighted by Crippen LogP contribution is 2.27. The van der Waals surface area contributed by atoms with Crippen LogP contribution in [0, 0.1) is 0 Å². The van der Waals surface area contributed by atoms with Crippen LogP contribution in [0.2, 0.25) is 10.0 Å². The summed E-state index contributed by atoms with van der Waals surface area (Å²) in [4.78, 5) is 16.1. The van der Waals surface area contributed by atoms with Crippen LogP contribution in [-0.2, 0) is 4.74 Å². The van der Waals surface area contributed by atoms with E-state index in [2.05, 4.69) is 4.98 Å². The second kappa shape index (κ2) is 6.89.